The number of nitrogens with zero attached hydrogens (tertiary/aromatic N) is 2. The van der Waals surface area contributed by atoms with Crippen molar-refractivity contribution in [3.05, 3.63) is 47.8 Å². The number of carbonyl (C=O) groups is 2. The summed E-state index contributed by atoms with van der Waals surface area (Å²) < 4.78 is 1.78. The van der Waals surface area contributed by atoms with Crippen LogP contribution in [0.1, 0.15) is 31.0 Å². The van der Waals surface area contributed by atoms with Crippen LogP contribution >= 0.6 is 0 Å². The number of amides is 3. The fraction of sp³-hybridized carbons (Fsp3) is 0.353. The van der Waals surface area contributed by atoms with Crippen LogP contribution in [0.25, 0.3) is 0 Å². The van der Waals surface area contributed by atoms with E-state index in [1.165, 1.54) is 0 Å². The van der Waals surface area contributed by atoms with Gasteiger partial charge in [-0.25, -0.2) is 4.79 Å². The van der Waals surface area contributed by atoms with Gasteiger partial charge in [-0.15, -0.1) is 0 Å². The minimum atomic E-state index is -0.225. The van der Waals surface area contributed by atoms with Crippen LogP contribution in [0.15, 0.2) is 36.7 Å². The van der Waals surface area contributed by atoms with Crippen molar-refractivity contribution in [1.29, 1.82) is 0 Å². The number of benzene rings is 1. The molecule has 1 aromatic heterocycles. The third-order valence-corrected chi connectivity index (χ3v) is 4.00. The summed E-state index contributed by atoms with van der Waals surface area (Å²) in [6, 6.07) is 7.20. The highest BCUT2D eigenvalue weighted by molar-refractivity contribution is 5.99. The van der Waals surface area contributed by atoms with Crippen LogP contribution in [0.2, 0.25) is 0 Å². The molecule has 2 aromatic rings. The summed E-state index contributed by atoms with van der Waals surface area (Å²) >= 11 is 0. The number of carbonyl (C=O) groups excluding carboxylic acids is 2. The Labute approximate surface area is 140 Å². The lowest BCUT2D eigenvalue weighted by Gasteiger charge is -2.19. The Kier molecular flexibility index (Phi) is 4.50. The molecule has 126 valence electrons. The lowest BCUT2D eigenvalue weighted by Crippen LogP contribution is -2.43. The molecular formula is C17H21N5O2. The Bertz CT molecular complexity index is 741. The smallest absolute Gasteiger partial charge is 0.315 e. The molecule has 2 atom stereocenters. The molecule has 7 heteroatoms. The van der Waals surface area contributed by atoms with E-state index in [0.29, 0.717) is 13.0 Å². The van der Waals surface area contributed by atoms with Gasteiger partial charge in [0.25, 0.3) is 0 Å². The zero-order valence-corrected chi connectivity index (χ0v) is 13.7. The second-order valence-electron chi connectivity index (χ2n) is 6.11. The van der Waals surface area contributed by atoms with E-state index in [9.17, 15) is 9.59 Å². The molecule has 0 saturated heterocycles. The first kappa shape index (κ1) is 16.0. The van der Waals surface area contributed by atoms with Gasteiger partial charge < -0.3 is 16.0 Å². The number of hydrogen-bond donors (Lipinski definition) is 3. The number of fused-ring (bicyclic) bond motifs is 1. The van der Waals surface area contributed by atoms with Crippen LogP contribution in [0.5, 0.6) is 0 Å². The average molecular weight is 327 g/mol. The number of hydrogen-bond acceptors (Lipinski definition) is 3. The van der Waals surface area contributed by atoms with Crippen molar-refractivity contribution in [2.24, 2.45) is 0 Å². The maximum Gasteiger partial charge on any atom is 0.315 e. The number of rotatable bonds is 5. The minimum Gasteiger partial charge on any atom is -0.334 e. The van der Waals surface area contributed by atoms with Gasteiger partial charge in [-0.1, -0.05) is 12.1 Å². The Hall–Kier alpha value is -2.83. The molecule has 24 heavy (non-hydrogen) atoms. The predicted molar refractivity (Wildman–Crippen MR) is 90.5 cm³/mol. The Morgan fingerprint density at radius 1 is 1.38 bits per heavy atom. The quantitative estimate of drug-likeness (QED) is 0.783. The molecule has 0 bridgehead atoms. The molecule has 3 amide bonds. The molecule has 1 aliphatic heterocycles. The van der Waals surface area contributed by atoms with Crippen molar-refractivity contribution in [3.63, 3.8) is 0 Å². The summed E-state index contributed by atoms with van der Waals surface area (Å²) in [4.78, 5) is 23.5. The summed E-state index contributed by atoms with van der Waals surface area (Å²) in [7, 11) is 0. The molecule has 0 unspecified atom stereocenters. The fourth-order valence-electron chi connectivity index (χ4n) is 2.80. The van der Waals surface area contributed by atoms with Crippen LogP contribution in [-0.2, 0) is 17.8 Å². The highest BCUT2D eigenvalue weighted by Gasteiger charge is 2.19. The number of nitrogens with one attached hydrogen (secondary N) is 3. The monoisotopic (exact) mass is 327 g/mol. The fourth-order valence-corrected chi connectivity index (χ4v) is 2.80. The number of urea groups is 1. The van der Waals surface area contributed by atoms with Gasteiger partial charge in [-0.2, -0.15) is 5.10 Å². The second kappa shape index (κ2) is 6.74. The molecule has 7 nitrogen and oxygen atoms in total. The van der Waals surface area contributed by atoms with Crippen LogP contribution in [0.3, 0.4) is 0 Å². The Morgan fingerprint density at radius 2 is 2.21 bits per heavy atom. The van der Waals surface area contributed by atoms with Gasteiger partial charge in [0.2, 0.25) is 5.91 Å². The first-order valence-corrected chi connectivity index (χ1v) is 7.98. The van der Waals surface area contributed by atoms with Crippen molar-refractivity contribution >= 4 is 17.6 Å². The van der Waals surface area contributed by atoms with Gasteiger partial charge in [-0.3, -0.25) is 9.48 Å². The largest absolute Gasteiger partial charge is 0.334 e. The molecule has 0 fully saturated rings. The molecular weight excluding hydrogens is 306 g/mol. The van der Waals surface area contributed by atoms with Gasteiger partial charge in [0.1, 0.15) is 0 Å². The zero-order valence-electron chi connectivity index (χ0n) is 13.7. The SMILES string of the molecule is C[C@H](Cn1cccn1)NC(=O)N[C@@H](C)c1ccc2c(c1)CC(=O)N2. The predicted octanol–water partition coefficient (Wildman–Crippen LogP) is 1.83. The van der Waals surface area contributed by atoms with E-state index in [-0.39, 0.29) is 24.0 Å². The first-order chi connectivity index (χ1) is 11.5. The van der Waals surface area contributed by atoms with Crippen molar-refractivity contribution < 1.29 is 9.59 Å². The molecule has 0 saturated carbocycles. The summed E-state index contributed by atoms with van der Waals surface area (Å²) in [5.74, 6) is 0.00736. The molecule has 0 aliphatic carbocycles. The van der Waals surface area contributed by atoms with Crippen LogP contribution in [0, 0.1) is 0 Å². The Morgan fingerprint density at radius 3 is 2.96 bits per heavy atom. The standard InChI is InChI=1S/C17H21N5O2/c1-11(10-22-7-3-6-18-22)19-17(24)20-12(2)13-4-5-15-14(8-13)9-16(23)21-15/h3-8,11-12H,9-10H2,1-2H3,(H,21,23)(H2,19,20,24)/t11-,12+/m1/s1. The summed E-state index contributed by atoms with van der Waals surface area (Å²) in [5, 5.41) is 12.8. The lowest BCUT2D eigenvalue weighted by atomic mass is 10.0. The highest BCUT2D eigenvalue weighted by Crippen LogP contribution is 2.26. The molecule has 3 N–H and O–H groups in total. The molecule has 0 spiro atoms. The van der Waals surface area contributed by atoms with Crippen molar-refractivity contribution in [2.45, 2.75) is 38.9 Å². The summed E-state index contributed by atoms with van der Waals surface area (Å²) in [6.07, 6.45) is 3.96. The van der Waals surface area contributed by atoms with E-state index in [0.717, 1.165) is 16.8 Å². The summed E-state index contributed by atoms with van der Waals surface area (Å²) in [6.45, 7) is 4.46. The van der Waals surface area contributed by atoms with E-state index in [1.807, 2.05) is 44.3 Å². The van der Waals surface area contributed by atoms with E-state index >= 15 is 0 Å². The third kappa shape index (κ3) is 3.73. The second-order valence-corrected chi connectivity index (χ2v) is 6.11. The van der Waals surface area contributed by atoms with E-state index in [2.05, 4.69) is 21.0 Å². The first-order valence-electron chi connectivity index (χ1n) is 7.98. The lowest BCUT2D eigenvalue weighted by molar-refractivity contribution is -0.115. The van der Waals surface area contributed by atoms with Gasteiger partial charge in [0.15, 0.2) is 0 Å². The maximum absolute atomic E-state index is 12.1. The van der Waals surface area contributed by atoms with Crippen LogP contribution < -0.4 is 16.0 Å². The number of aromatic nitrogens is 2. The van der Waals surface area contributed by atoms with Gasteiger partial charge in [0, 0.05) is 24.1 Å². The van der Waals surface area contributed by atoms with Gasteiger partial charge in [0.05, 0.1) is 19.0 Å². The van der Waals surface area contributed by atoms with Crippen LogP contribution in [-0.4, -0.2) is 27.8 Å². The van der Waals surface area contributed by atoms with E-state index < -0.39 is 0 Å². The molecule has 0 radical (unpaired) electrons. The molecule has 1 aromatic carbocycles. The zero-order chi connectivity index (χ0) is 17.1. The third-order valence-electron chi connectivity index (χ3n) is 4.00. The number of anilines is 1. The van der Waals surface area contributed by atoms with Gasteiger partial charge in [-0.05, 0) is 37.1 Å². The van der Waals surface area contributed by atoms with Gasteiger partial charge >= 0.3 is 6.03 Å². The summed E-state index contributed by atoms with van der Waals surface area (Å²) in [5.41, 5.74) is 2.80. The molecule has 2 heterocycles. The van der Waals surface area contributed by atoms with Crippen molar-refractivity contribution in [3.8, 4) is 0 Å². The molecule has 1 aliphatic rings. The van der Waals surface area contributed by atoms with Crippen molar-refractivity contribution in [1.82, 2.24) is 20.4 Å². The molecule has 3 rings (SSSR count). The highest BCUT2D eigenvalue weighted by atomic mass is 16.2. The topological polar surface area (TPSA) is 88.1 Å². The van der Waals surface area contributed by atoms with Crippen molar-refractivity contribution in [2.75, 3.05) is 5.32 Å². The van der Waals surface area contributed by atoms with E-state index in [1.54, 1.807) is 10.9 Å². The normalized spacial score (nSPS) is 15.3. The van der Waals surface area contributed by atoms with E-state index in [4.69, 9.17) is 0 Å². The minimum absolute atomic E-state index is 0.00736. The Balaban J connectivity index is 1.54. The maximum atomic E-state index is 12.1. The average Bonchev–Trinajstić information content (AvgIpc) is 3.13. The van der Waals surface area contributed by atoms with Crippen LogP contribution in [0.4, 0.5) is 10.5 Å².